The fourth-order valence-corrected chi connectivity index (χ4v) is 1.26. The maximum absolute atomic E-state index is 10.5. The molecule has 0 spiro atoms. The van der Waals surface area contributed by atoms with Gasteiger partial charge in [0.2, 0.25) is 0 Å². The Morgan fingerprint density at radius 3 is 2.65 bits per heavy atom. The number of benzene rings is 1. The van der Waals surface area contributed by atoms with Crippen molar-refractivity contribution in [1.82, 2.24) is 5.32 Å². The highest BCUT2D eigenvalue weighted by atomic mass is 16.5. The van der Waals surface area contributed by atoms with Crippen LogP contribution in [-0.4, -0.2) is 37.4 Å². The zero-order valence-electron chi connectivity index (χ0n) is 9.97. The molecule has 0 saturated heterocycles. The molecule has 0 fully saturated rings. The first-order valence-electron chi connectivity index (χ1n) is 5.37. The Kier molecular flexibility index (Phi) is 5.29. The van der Waals surface area contributed by atoms with E-state index in [1.807, 2.05) is 18.2 Å². The van der Waals surface area contributed by atoms with Gasteiger partial charge in [0.25, 0.3) is 0 Å². The number of carboxylic acid groups (broad SMARTS) is 1. The molecule has 0 aliphatic heterocycles. The van der Waals surface area contributed by atoms with E-state index in [4.69, 9.17) is 14.6 Å². The van der Waals surface area contributed by atoms with E-state index >= 15 is 0 Å². The van der Waals surface area contributed by atoms with E-state index in [2.05, 4.69) is 5.32 Å². The largest absolute Gasteiger partial charge is 0.493 e. The predicted molar refractivity (Wildman–Crippen MR) is 63.6 cm³/mol. The number of ether oxygens (including phenoxy) is 2. The van der Waals surface area contributed by atoms with Crippen molar-refractivity contribution in [3.8, 4) is 11.5 Å². The summed E-state index contributed by atoms with van der Waals surface area (Å²) in [6, 6.07) is 6.75. The summed E-state index contributed by atoms with van der Waals surface area (Å²) in [6.07, 6.45) is 0. The molecule has 0 aromatic heterocycles. The summed E-state index contributed by atoms with van der Waals surface area (Å²) >= 11 is 0. The van der Waals surface area contributed by atoms with Crippen molar-refractivity contribution in [3.05, 3.63) is 24.3 Å². The Labute approximate surface area is 100 Å². The van der Waals surface area contributed by atoms with Crippen LogP contribution in [0.1, 0.15) is 6.92 Å². The molecular formula is C12H17NO4. The van der Waals surface area contributed by atoms with Crippen LogP contribution < -0.4 is 14.8 Å². The fourth-order valence-electron chi connectivity index (χ4n) is 1.26. The third kappa shape index (κ3) is 4.32. The fraction of sp³-hybridized carbons (Fsp3) is 0.417. The molecule has 1 aromatic carbocycles. The second-order valence-electron chi connectivity index (χ2n) is 3.51. The lowest BCUT2D eigenvalue weighted by Crippen LogP contribution is -2.36. The van der Waals surface area contributed by atoms with Crippen LogP contribution in [0.2, 0.25) is 0 Å². The Balaban J connectivity index is 2.33. The summed E-state index contributed by atoms with van der Waals surface area (Å²) in [5, 5.41) is 11.5. The smallest absolute Gasteiger partial charge is 0.320 e. The lowest BCUT2D eigenvalue weighted by Gasteiger charge is -2.12. The van der Waals surface area contributed by atoms with Gasteiger partial charge in [-0.3, -0.25) is 4.79 Å². The van der Waals surface area contributed by atoms with E-state index in [1.165, 1.54) is 0 Å². The maximum atomic E-state index is 10.5. The van der Waals surface area contributed by atoms with Crippen molar-refractivity contribution in [2.24, 2.45) is 0 Å². The van der Waals surface area contributed by atoms with Gasteiger partial charge in [0.1, 0.15) is 12.6 Å². The van der Waals surface area contributed by atoms with Gasteiger partial charge in [-0.1, -0.05) is 12.1 Å². The molecule has 0 aliphatic carbocycles. The minimum absolute atomic E-state index is 0.387. The number of carboxylic acids is 1. The average molecular weight is 239 g/mol. The Morgan fingerprint density at radius 1 is 1.41 bits per heavy atom. The molecule has 0 bridgehead atoms. The molecule has 1 aromatic rings. The number of hydrogen-bond acceptors (Lipinski definition) is 4. The normalized spacial score (nSPS) is 11.9. The highest BCUT2D eigenvalue weighted by molar-refractivity contribution is 5.72. The number of para-hydroxylation sites is 2. The van der Waals surface area contributed by atoms with Gasteiger partial charge in [0.15, 0.2) is 11.5 Å². The highest BCUT2D eigenvalue weighted by Gasteiger charge is 2.09. The summed E-state index contributed by atoms with van der Waals surface area (Å²) in [6.45, 7) is 2.44. The van der Waals surface area contributed by atoms with Gasteiger partial charge in [0, 0.05) is 6.54 Å². The Bertz CT molecular complexity index is 367. The third-order valence-corrected chi connectivity index (χ3v) is 2.25. The third-order valence-electron chi connectivity index (χ3n) is 2.25. The first kappa shape index (κ1) is 13.3. The molecule has 0 unspecified atom stereocenters. The van der Waals surface area contributed by atoms with E-state index in [-0.39, 0.29) is 0 Å². The van der Waals surface area contributed by atoms with E-state index in [0.717, 1.165) is 0 Å². The average Bonchev–Trinajstić information content (AvgIpc) is 2.34. The topological polar surface area (TPSA) is 67.8 Å². The van der Waals surface area contributed by atoms with Crippen LogP contribution in [0.25, 0.3) is 0 Å². The molecular weight excluding hydrogens is 222 g/mol. The molecule has 17 heavy (non-hydrogen) atoms. The second-order valence-corrected chi connectivity index (χ2v) is 3.51. The minimum Gasteiger partial charge on any atom is -0.493 e. The summed E-state index contributed by atoms with van der Waals surface area (Å²) in [5.74, 6) is 0.445. The van der Waals surface area contributed by atoms with E-state index in [1.54, 1.807) is 20.1 Å². The second kappa shape index (κ2) is 6.75. The van der Waals surface area contributed by atoms with Gasteiger partial charge < -0.3 is 19.9 Å². The standard InChI is InChI=1S/C12H17NO4/c1-9(12(14)15)13-7-8-17-11-6-4-3-5-10(11)16-2/h3-6,9,13H,7-8H2,1-2H3,(H,14,15)/t9-/m0/s1. The molecule has 0 amide bonds. The first-order valence-corrected chi connectivity index (χ1v) is 5.37. The number of hydrogen-bond donors (Lipinski definition) is 2. The molecule has 1 atom stereocenters. The SMILES string of the molecule is COc1ccccc1OCCN[C@@H](C)C(=O)O. The van der Waals surface area contributed by atoms with Gasteiger partial charge >= 0.3 is 5.97 Å². The van der Waals surface area contributed by atoms with Gasteiger partial charge in [-0.15, -0.1) is 0 Å². The molecule has 0 aliphatic rings. The van der Waals surface area contributed by atoms with Crippen molar-refractivity contribution in [2.45, 2.75) is 13.0 Å². The number of rotatable bonds is 7. The molecule has 5 nitrogen and oxygen atoms in total. The molecule has 0 heterocycles. The monoisotopic (exact) mass is 239 g/mol. The van der Waals surface area contributed by atoms with Crippen LogP contribution in [0.4, 0.5) is 0 Å². The van der Waals surface area contributed by atoms with Gasteiger partial charge in [-0.25, -0.2) is 0 Å². The predicted octanol–water partition coefficient (Wildman–Crippen LogP) is 1.14. The quantitative estimate of drug-likeness (QED) is 0.698. The molecule has 0 radical (unpaired) electrons. The van der Waals surface area contributed by atoms with Crippen LogP contribution in [-0.2, 0) is 4.79 Å². The van der Waals surface area contributed by atoms with Crippen LogP contribution in [0.3, 0.4) is 0 Å². The van der Waals surface area contributed by atoms with Crippen molar-refractivity contribution in [3.63, 3.8) is 0 Å². The summed E-state index contributed by atoms with van der Waals surface area (Å²) in [5.41, 5.74) is 0. The van der Waals surface area contributed by atoms with Gasteiger partial charge in [-0.2, -0.15) is 0 Å². The summed E-state index contributed by atoms with van der Waals surface area (Å²) < 4.78 is 10.6. The molecule has 2 N–H and O–H groups in total. The number of aliphatic carboxylic acids is 1. The molecule has 1 rings (SSSR count). The van der Waals surface area contributed by atoms with Crippen molar-refractivity contribution in [1.29, 1.82) is 0 Å². The van der Waals surface area contributed by atoms with Crippen LogP contribution in [0.5, 0.6) is 11.5 Å². The first-order chi connectivity index (χ1) is 8.15. The number of nitrogens with one attached hydrogen (secondary N) is 1. The Morgan fingerprint density at radius 2 is 2.06 bits per heavy atom. The molecule has 5 heteroatoms. The van der Waals surface area contributed by atoms with E-state index in [9.17, 15) is 4.79 Å². The van der Waals surface area contributed by atoms with Gasteiger partial charge in [-0.05, 0) is 19.1 Å². The zero-order chi connectivity index (χ0) is 12.7. The minimum atomic E-state index is -0.873. The molecule has 94 valence electrons. The van der Waals surface area contributed by atoms with Crippen LogP contribution in [0, 0.1) is 0 Å². The lowest BCUT2D eigenvalue weighted by molar-refractivity contribution is -0.139. The van der Waals surface area contributed by atoms with Crippen molar-refractivity contribution in [2.75, 3.05) is 20.3 Å². The van der Waals surface area contributed by atoms with Gasteiger partial charge in [0.05, 0.1) is 7.11 Å². The van der Waals surface area contributed by atoms with Crippen molar-refractivity contribution < 1.29 is 19.4 Å². The van der Waals surface area contributed by atoms with E-state index < -0.39 is 12.0 Å². The summed E-state index contributed by atoms with van der Waals surface area (Å²) in [7, 11) is 1.58. The highest BCUT2D eigenvalue weighted by Crippen LogP contribution is 2.25. The Hall–Kier alpha value is -1.75. The summed E-state index contributed by atoms with van der Waals surface area (Å²) in [4.78, 5) is 10.5. The molecule has 0 saturated carbocycles. The lowest BCUT2D eigenvalue weighted by atomic mass is 10.3. The van der Waals surface area contributed by atoms with Crippen LogP contribution >= 0.6 is 0 Å². The number of methoxy groups -OCH3 is 1. The van der Waals surface area contributed by atoms with Crippen LogP contribution in [0.15, 0.2) is 24.3 Å². The van der Waals surface area contributed by atoms with E-state index in [0.29, 0.717) is 24.7 Å². The van der Waals surface area contributed by atoms with Crippen molar-refractivity contribution >= 4 is 5.97 Å². The zero-order valence-corrected chi connectivity index (χ0v) is 9.97. The number of carbonyl (C=O) groups is 1. The maximum Gasteiger partial charge on any atom is 0.320 e.